The normalized spacial score (nSPS) is 24.5. The molecule has 3 amide bonds. The zero-order chi connectivity index (χ0) is 35.9. The molecule has 0 spiro atoms. The number of likely N-dealkylation sites (tertiary alicyclic amines) is 2. The van der Waals surface area contributed by atoms with Crippen LogP contribution in [0.2, 0.25) is 0 Å². The monoisotopic (exact) mass is 715 g/mol. The molecule has 3 saturated heterocycles. The molecule has 1 aromatic heterocycles. The minimum absolute atomic E-state index is 0.0492. The summed E-state index contributed by atoms with van der Waals surface area (Å²) in [5.41, 5.74) is 5.09. The smallest absolute Gasteiger partial charge is 0.303 e. The van der Waals surface area contributed by atoms with Crippen LogP contribution in [0.15, 0.2) is 42.0 Å². The van der Waals surface area contributed by atoms with Crippen LogP contribution in [0.1, 0.15) is 66.4 Å². The molecule has 0 radical (unpaired) electrons. The van der Waals surface area contributed by atoms with E-state index in [1.807, 2.05) is 34.1 Å². The van der Waals surface area contributed by atoms with Crippen LogP contribution in [0.4, 0.5) is 0 Å². The maximum absolute atomic E-state index is 14.8. The molecule has 51 heavy (non-hydrogen) atoms. The van der Waals surface area contributed by atoms with Crippen molar-refractivity contribution in [1.82, 2.24) is 23.4 Å². The molecule has 3 aromatic rings. The number of benzene rings is 2. The second-order valence-electron chi connectivity index (χ2n) is 15.3. The Morgan fingerprint density at radius 3 is 2.27 bits per heavy atom. The fourth-order valence-electron chi connectivity index (χ4n) is 9.42. The number of nitrogens with one attached hydrogen (secondary N) is 1. The van der Waals surface area contributed by atoms with Crippen LogP contribution >= 0.6 is 0 Å². The molecule has 4 aliphatic heterocycles. The van der Waals surface area contributed by atoms with Crippen LogP contribution in [0.5, 0.6) is 5.75 Å². The molecule has 270 valence electrons. The first-order valence-corrected chi connectivity index (χ1v) is 19.2. The zero-order valence-electron chi connectivity index (χ0n) is 29.7. The SMILES string of the molecule is COc1ccc2c(c1)C=C(C(=O)N1CC34COCC3(CN(C(C)=O)C4)C1)Cn1c-2c(C2CCCCC2)c2ccc(C(=O)NS(=O)(=O)N(C)C)cc21. The average Bonchev–Trinajstić information content (AvgIpc) is 3.76. The van der Waals surface area contributed by atoms with Gasteiger partial charge in [-0.25, -0.2) is 4.72 Å². The van der Waals surface area contributed by atoms with Gasteiger partial charge in [-0.05, 0) is 66.3 Å². The number of carbonyl (C=O) groups is 3. The number of carbonyl (C=O) groups excluding carboxylic acids is 3. The number of hydrogen-bond donors (Lipinski definition) is 1. The Kier molecular flexibility index (Phi) is 8.11. The number of amides is 3. The first kappa shape index (κ1) is 33.9. The van der Waals surface area contributed by atoms with Crippen LogP contribution in [0, 0.1) is 10.8 Å². The topological polar surface area (TPSA) is 130 Å². The number of aromatic nitrogens is 1. The minimum Gasteiger partial charge on any atom is -0.497 e. The van der Waals surface area contributed by atoms with Gasteiger partial charge in [0, 0.05) is 85.6 Å². The van der Waals surface area contributed by atoms with Crippen molar-refractivity contribution in [1.29, 1.82) is 0 Å². The Morgan fingerprint density at radius 1 is 0.941 bits per heavy atom. The Labute approximate surface area is 298 Å². The van der Waals surface area contributed by atoms with E-state index >= 15 is 0 Å². The molecule has 8 rings (SSSR count). The Morgan fingerprint density at radius 2 is 1.63 bits per heavy atom. The highest BCUT2D eigenvalue weighted by atomic mass is 32.2. The van der Waals surface area contributed by atoms with Gasteiger partial charge < -0.3 is 23.8 Å². The number of ether oxygens (including phenoxy) is 2. The molecule has 13 heteroatoms. The lowest BCUT2D eigenvalue weighted by Gasteiger charge is -2.27. The van der Waals surface area contributed by atoms with E-state index in [0.29, 0.717) is 56.6 Å². The molecule has 2 aromatic carbocycles. The second kappa shape index (κ2) is 12.2. The lowest BCUT2D eigenvalue weighted by molar-refractivity contribution is -0.130. The summed E-state index contributed by atoms with van der Waals surface area (Å²) >= 11 is 0. The average molecular weight is 716 g/mol. The molecular formula is C38H45N5O7S. The lowest BCUT2D eigenvalue weighted by Crippen LogP contribution is -2.40. The third-order valence-corrected chi connectivity index (χ3v) is 13.5. The zero-order valence-corrected chi connectivity index (χ0v) is 30.5. The van der Waals surface area contributed by atoms with Crippen molar-refractivity contribution >= 4 is 44.9 Å². The van der Waals surface area contributed by atoms with Gasteiger partial charge in [0.05, 0.1) is 32.6 Å². The van der Waals surface area contributed by atoms with Gasteiger partial charge in [-0.15, -0.1) is 0 Å². The summed E-state index contributed by atoms with van der Waals surface area (Å²) in [5, 5.41) is 1.00. The summed E-state index contributed by atoms with van der Waals surface area (Å²) in [7, 11) is 0.360. The first-order valence-electron chi connectivity index (χ1n) is 17.8. The molecule has 0 bridgehead atoms. The van der Waals surface area contributed by atoms with Crippen molar-refractivity contribution in [2.24, 2.45) is 10.8 Å². The maximum Gasteiger partial charge on any atom is 0.303 e. The summed E-state index contributed by atoms with van der Waals surface area (Å²) in [6, 6.07) is 11.4. The molecule has 1 aliphatic carbocycles. The molecule has 2 unspecified atom stereocenters. The molecular weight excluding hydrogens is 671 g/mol. The fourth-order valence-corrected chi connectivity index (χ4v) is 9.96. The van der Waals surface area contributed by atoms with Gasteiger partial charge in [0.1, 0.15) is 5.75 Å². The maximum atomic E-state index is 14.8. The highest BCUT2D eigenvalue weighted by Crippen LogP contribution is 2.56. The van der Waals surface area contributed by atoms with Gasteiger partial charge in [0.25, 0.3) is 11.8 Å². The van der Waals surface area contributed by atoms with Gasteiger partial charge in [0.2, 0.25) is 5.91 Å². The Balaban J connectivity index is 1.25. The Bertz CT molecular complexity index is 2100. The van der Waals surface area contributed by atoms with Crippen LogP contribution in [-0.4, -0.2) is 105 Å². The van der Waals surface area contributed by atoms with Crippen LogP contribution in [0.3, 0.4) is 0 Å². The minimum atomic E-state index is -4.01. The number of hydrogen-bond acceptors (Lipinski definition) is 7. The third kappa shape index (κ3) is 5.38. The number of nitrogens with zero attached hydrogens (tertiary/aromatic N) is 4. The largest absolute Gasteiger partial charge is 0.497 e. The predicted octanol–water partition coefficient (Wildman–Crippen LogP) is 4.01. The summed E-state index contributed by atoms with van der Waals surface area (Å²) in [6.45, 7) is 5.09. The number of rotatable bonds is 6. The quantitative estimate of drug-likeness (QED) is 0.409. The third-order valence-electron chi connectivity index (χ3n) is 12.1. The standard InChI is InChI=1S/C38H45N5O7S/c1-24(44)41-18-37-20-42(21-38(37,19-41)23-50-22-37)36(46)28-14-27-15-29(49-4)11-13-30(27)34-33(25-8-6-5-7-9-25)31-12-10-26(16-32(31)43(34)17-28)35(45)39-51(47,48)40(2)3/h10-16,25H,5-9,17-23H2,1-4H3,(H,39,45). The molecule has 2 atom stereocenters. The molecule has 4 fully saturated rings. The molecule has 12 nitrogen and oxygen atoms in total. The first-order chi connectivity index (χ1) is 24.3. The van der Waals surface area contributed by atoms with E-state index in [9.17, 15) is 22.8 Å². The molecule has 5 heterocycles. The van der Waals surface area contributed by atoms with E-state index in [4.69, 9.17) is 9.47 Å². The van der Waals surface area contributed by atoms with E-state index in [-0.39, 0.29) is 34.8 Å². The van der Waals surface area contributed by atoms with Crippen molar-refractivity contribution in [2.45, 2.75) is 51.5 Å². The summed E-state index contributed by atoms with van der Waals surface area (Å²) in [6.07, 6.45) is 7.51. The van der Waals surface area contributed by atoms with Gasteiger partial charge in [0.15, 0.2) is 0 Å². The van der Waals surface area contributed by atoms with Gasteiger partial charge in [-0.3, -0.25) is 14.4 Å². The summed E-state index contributed by atoms with van der Waals surface area (Å²) < 4.78 is 42.1. The van der Waals surface area contributed by atoms with Crippen molar-refractivity contribution in [2.75, 3.05) is 60.6 Å². The van der Waals surface area contributed by atoms with E-state index in [1.54, 1.807) is 26.2 Å². The molecule has 1 saturated carbocycles. The van der Waals surface area contributed by atoms with Crippen LogP contribution < -0.4 is 9.46 Å². The lowest BCUT2D eigenvalue weighted by atomic mass is 9.71. The Hall–Kier alpha value is -4.20. The summed E-state index contributed by atoms with van der Waals surface area (Å²) in [4.78, 5) is 44.4. The van der Waals surface area contributed by atoms with Gasteiger partial charge in [-0.2, -0.15) is 12.7 Å². The second-order valence-corrected chi connectivity index (χ2v) is 17.2. The van der Waals surface area contributed by atoms with E-state index in [2.05, 4.69) is 15.4 Å². The fraction of sp³-hybridized carbons (Fsp3) is 0.500. The van der Waals surface area contributed by atoms with Crippen molar-refractivity contribution in [3.63, 3.8) is 0 Å². The summed E-state index contributed by atoms with van der Waals surface area (Å²) in [5.74, 6) is 0.243. The van der Waals surface area contributed by atoms with Crippen LogP contribution in [0.25, 0.3) is 28.2 Å². The van der Waals surface area contributed by atoms with E-state index in [1.165, 1.54) is 26.1 Å². The van der Waals surface area contributed by atoms with E-state index < -0.39 is 16.1 Å². The van der Waals surface area contributed by atoms with Gasteiger partial charge >= 0.3 is 10.2 Å². The number of methoxy groups -OCH3 is 1. The molecule has 5 aliphatic rings. The highest BCUT2D eigenvalue weighted by Gasteiger charge is 2.67. The van der Waals surface area contributed by atoms with Crippen molar-refractivity contribution in [3.8, 4) is 17.0 Å². The van der Waals surface area contributed by atoms with Gasteiger partial charge in [-0.1, -0.05) is 25.3 Å². The van der Waals surface area contributed by atoms with E-state index in [0.717, 1.165) is 57.7 Å². The van der Waals surface area contributed by atoms with Crippen LogP contribution in [-0.2, 0) is 31.1 Å². The van der Waals surface area contributed by atoms with Crippen molar-refractivity contribution < 1.29 is 32.3 Å². The highest BCUT2D eigenvalue weighted by molar-refractivity contribution is 7.87. The van der Waals surface area contributed by atoms with Crippen molar-refractivity contribution in [3.05, 3.63) is 58.7 Å². The predicted molar refractivity (Wildman–Crippen MR) is 192 cm³/mol. The number of fused-ring (bicyclic) bond motifs is 5. The molecule has 1 N–H and O–H groups in total.